The predicted molar refractivity (Wildman–Crippen MR) is 67.7 cm³/mol. The molecule has 0 aliphatic rings. The molecule has 0 fully saturated rings. The highest BCUT2D eigenvalue weighted by Crippen LogP contribution is 2.23. The summed E-state index contributed by atoms with van der Waals surface area (Å²) >= 11 is 3.30. The number of halogens is 1. The second-order valence-corrected chi connectivity index (χ2v) is 4.29. The maximum Gasteiger partial charge on any atom is 0.138 e. The summed E-state index contributed by atoms with van der Waals surface area (Å²) in [7, 11) is 0. The number of nitrogens with zero attached hydrogens (tertiary/aromatic N) is 1. The van der Waals surface area contributed by atoms with Crippen LogP contribution in [0.4, 0.5) is 5.69 Å². The van der Waals surface area contributed by atoms with Crippen LogP contribution in [0.3, 0.4) is 0 Å². The Morgan fingerprint density at radius 1 is 1.27 bits per heavy atom. The number of carbonyl (C=O) groups is 1. The number of hydrogen-bond donors (Lipinski definition) is 0. The van der Waals surface area contributed by atoms with Crippen LogP contribution < -0.4 is 4.90 Å². The summed E-state index contributed by atoms with van der Waals surface area (Å²) < 4.78 is 0. The molecule has 2 nitrogen and oxygen atoms in total. The number of rotatable bonds is 5. The van der Waals surface area contributed by atoms with Crippen molar-refractivity contribution in [2.24, 2.45) is 0 Å². The lowest BCUT2D eigenvalue weighted by atomic mass is 10.1. The van der Waals surface area contributed by atoms with Gasteiger partial charge in [0.2, 0.25) is 0 Å². The van der Waals surface area contributed by atoms with E-state index in [1.165, 1.54) is 5.69 Å². The van der Waals surface area contributed by atoms with Gasteiger partial charge in [-0.1, -0.05) is 28.1 Å². The topological polar surface area (TPSA) is 20.3 Å². The molecule has 1 unspecified atom stereocenters. The van der Waals surface area contributed by atoms with Gasteiger partial charge in [-0.15, -0.1) is 0 Å². The van der Waals surface area contributed by atoms with Crippen molar-refractivity contribution in [3.63, 3.8) is 0 Å². The molecule has 0 N–H and O–H groups in total. The summed E-state index contributed by atoms with van der Waals surface area (Å²) in [4.78, 5) is 12.7. The Bertz CT molecular complexity index is 306. The average molecular weight is 270 g/mol. The Hall–Kier alpha value is -0.830. The third kappa shape index (κ3) is 3.06. The van der Waals surface area contributed by atoms with Crippen molar-refractivity contribution in [3.05, 3.63) is 29.8 Å². The zero-order valence-electron chi connectivity index (χ0n) is 9.11. The van der Waals surface area contributed by atoms with Crippen LogP contribution in [0.15, 0.2) is 24.3 Å². The molecule has 82 valence electrons. The highest BCUT2D eigenvalue weighted by Gasteiger charge is 2.06. The third-order valence-electron chi connectivity index (χ3n) is 2.46. The standard InChI is InChI=1S/C12H16BrNO/c1-3-14(4-2)11-7-5-10(6-8-11)12(13)9-15/h5-9,12H,3-4H2,1-2H3. The van der Waals surface area contributed by atoms with Crippen molar-refractivity contribution < 1.29 is 4.79 Å². The highest BCUT2D eigenvalue weighted by molar-refractivity contribution is 9.09. The summed E-state index contributed by atoms with van der Waals surface area (Å²) in [6, 6.07) is 8.09. The molecule has 0 saturated carbocycles. The Morgan fingerprint density at radius 3 is 2.20 bits per heavy atom. The van der Waals surface area contributed by atoms with Crippen molar-refractivity contribution in [2.45, 2.75) is 18.7 Å². The smallest absolute Gasteiger partial charge is 0.138 e. The highest BCUT2D eigenvalue weighted by atomic mass is 79.9. The number of benzene rings is 1. The van der Waals surface area contributed by atoms with E-state index in [2.05, 4.69) is 46.8 Å². The summed E-state index contributed by atoms with van der Waals surface area (Å²) in [6.45, 7) is 6.27. The van der Waals surface area contributed by atoms with Crippen molar-refractivity contribution in [3.8, 4) is 0 Å². The van der Waals surface area contributed by atoms with Gasteiger partial charge in [0.25, 0.3) is 0 Å². The van der Waals surface area contributed by atoms with Gasteiger partial charge < -0.3 is 9.69 Å². The minimum absolute atomic E-state index is 0.191. The largest absolute Gasteiger partial charge is 0.372 e. The molecular formula is C12H16BrNO. The van der Waals surface area contributed by atoms with E-state index in [0.717, 1.165) is 24.9 Å². The maximum atomic E-state index is 10.6. The molecule has 0 spiro atoms. The molecule has 0 saturated heterocycles. The van der Waals surface area contributed by atoms with Gasteiger partial charge in [0.15, 0.2) is 0 Å². The van der Waals surface area contributed by atoms with Crippen LogP contribution in [-0.4, -0.2) is 19.4 Å². The minimum Gasteiger partial charge on any atom is -0.372 e. The van der Waals surface area contributed by atoms with Gasteiger partial charge in [-0.3, -0.25) is 0 Å². The van der Waals surface area contributed by atoms with E-state index in [9.17, 15) is 4.79 Å². The molecule has 1 rings (SSSR count). The van der Waals surface area contributed by atoms with E-state index in [0.29, 0.717) is 0 Å². The average Bonchev–Trinajstić information content (AvgIpc) is 2.30. The van der Waals surface area contributed by atoms with Crippen LogP contribution in [0.1, 0.15) is 24.2 Å². The fourth-order valence-electron chi connectivity index (χ4n) is 1.54. The first-order valence-corrected chi connectivity index (χ1v) is 6.08. The Balaban J connectivity index is 2.84. The molecule has 1 atom stereocenters. The minimum atomic E-state index is -0.191. The molecule has 0 bridgehead atoms. The molecule has 0 heterocycles. The lowest BCUT2D eigenvalue weighted by molar-refractivity contribution is -0.107. The SMILES string of the molecule is CCN(CC)c1ccc(C(Br)C=O)cc1. The van der Waals surface area contributed by atoms with Gasteiger partial charge in [-0.05, 0) is 31.5 Å². The van der Waals surface area contributed by atoms with Gasteiger partial charge in [-0.25, -0.2) is 0 Å². The number of anilines is 1. The normalized spacial score (nSPS) is 12.2. The molecule has 15 heavy (non-hydrogen) atoms. The summed E-state index contributed by atoms with van der Waals surface area (Å²) in [5.41, 5.74) is 2.20. The van der Waals surface area contributed by atoms with E-state index in [-0.39, 0.29) is 4.83 Å². The fraction of sp³-hybridized carbons (Fsp3) is 0.417. The van der Waals surface area contributed by atoms with E-state index in [1.54, 1.807) is 0 Å². The van der Waals surface area contributed by atoms with Crippen molar-refractivity contribution >= 4 is 27.9 Å². The van der Waals surface area contributed by atoms with Crippen molar-refractivity contribution in [2.75, 3.05) is 18.0 Å². The molecule has 0 aromatic heterocycles. The van der Waals surface area contributed by atoms with Crippen LogP contribution in [-0.2, 0) is 4.79 Å². The van der Waals surface area contributed by atoms with E-state index in [4.69, 9.17) is 0 Å². The zero-order valence-corrected chi connectivity index (χ0v) is 10.7. The number of aldehydes is 1. The van der Waals surface area contributed by atoms with Crippen LogP contribution in [0.25, 0.3) is 0 Å². The predicted octanol–water partition coefficient (Wildman–Crippen LogP) is 3.17. The first kappa shape index (κ1) is 12.2. The zero-order chi connectivity index (χ0) is 11.3. The van der Waals surface area contributed by atoms with Crippen LogP contribution in [0.5, 0.6) is 0 Å². The van der Waals surface area contributed by atoms with Gasteiger partial charge in [0, 0.05) is 18.8 Å². The second-order valence-electron chi connectivity index (χ2n) is 3.30. The summed E-state index contributed by atoms with van der Waals surface area (Å²) in [6.07, 6.45) is 0.895. The van der Waals surface area contributed by atoms with Crippen molar-refractivity contribution in [1.82, 2.24) is 0 Å². The Kier molecular flexibility index (Phi) is 4.82. The number of hydrogen-bond acceptors (Lipinski definition) is 2. The molecule has 1 aromatic carbocycles. The van der Waals surface area contributed by atoms with E-state index >= 15 is 0 Å². The van der Waals surface area contributed by atoms with Gasteiger partial charge >= 0.3 is 0 Å². The van der Waals surface area contributed by atoms with Gasteiger partial charge in [0.1, 0.15) is 6.29 Å². The van der Waals surface area contributed by atoms with Crippen LogP contribution in [0, 0.1) is 0 Å². The molecule has 1 aromatic rings. The first-order valence-electron chi connectivity index (χ1n) is 5.17. The van der Waals surface area contributed by atoms with E-state index in [1.807, 2.05) is 12.1 Å². The molecule has 0 radical (unpaired) electrons. The van der Waals surface area contributed by atoms with Crippen LogP contribution in [0.2, 0.25) is 0 Å². The lowest BCUT2D eigenvalue weighted by Gasteiger charge is -2.21. The fourth-order valence-corrected chi connectivity index (χ4v) is 1.84. The quantitative estimate of drug-likeness (QED) is 0.605. The van der Waals surface area contributed by atoms with E-state index < -0.39 is 0 Å². The van der Waals surface area contributed by atoms with Gasteiger partial charge in [-0.2, -0.15) is 0 Å². The van der Waals surface area contributed by atoms with Crippen molar-refractivity contribution in [1.29, 1.82) is 0 Å². The lowest BCUT2D eigenvalue weighted by Crippen LogP contribution is -2.21. The molecule has 0 aliphatic heterocycles. The third-order valence-corrected chi connectivity index (χ3v) is 3.20. The Labute approximate surface area is 99.4 Å². The number of carbonyl (C=O) groups excluding carboxylic acids is 1. The molecular weight excluding hydrogens is 254 g/mol. The number of alkyl halides is 1. The Morgan fingerprint density at radius 2 is 1.80 bits per heavy atom. The molecule has 3 heteroatoms. The summed E-state index contributed by atoms with van der Waals surface area (Å²) in [5, 5.41) is 0. The first-order chi connectivity index (χ1) is 7.22. The second kappa shape index (κ2) is 5.91. The van der Waals surface area contributed by atoms with Gasteiger partial charge in [0.05, 0.1) is 4.83 Å². The summed E-state index contributed by atoms with van der Waals surface area (Å²) in [5.74, 6) is 0. The monoisotopic (exact) mass is 269 g/mol. The van der Waals surface area contributed by atoms with Crippen LogP contribution >= 0.6 is 15.9 Å². The molecule has 0 aliphatic carbocycles. The maximum absolute atomic E-state index is 10.6. The molecule has 0 amide bonds.